The molecule has 1 unspecified atom stereocenters. The quantitative estimate of drug-likeness (QED) is 0.0867. The number of likely N-dealkylation sites (tertiary alicyclic amines) is 1. The number of anilines is 2. The van der Waals surface area contributed by atoms with E-state index in [0.717, 1.165) is 61.8 Å². The van der Waals surface area contributed by atoms with E-state index in [1.165, 1.54) is 51.3 Å². The van der Waals surface area contributed by atoms with Gasteiger partial charge in [0.15, 0.2) is 10.7 Å². The first-order valence-electron chi connectivity index (χ1n) is 21.6. The first-order chi connectivity index (χ1) is 29.6. The Balaban J connectivity index is 0.813. The average molecular weight is 845 g/mol. The number of piperidine rings is 1. The number of nitro groups is 1. The number of aromatic amines is 1. The largest absolute Gasteiger partial charge is 0.474 e. The summed E-state index contributed by atoms with van der Waals surface area (Å²) in [7, 11) is -4.71. The Hall–Kier alpha value is -5.74. The lowest BCUT2D eigenvalue weighted by Crippen LogP contribution is -2.54. The molecule has 1 spiro atoms. The number of fused-ring (bicyclic) bond motifs is 2. The fourth-order valence-electron chi connectivity index (χ4n) is 10.4. The molecule has 3 saturated carbocycles. The number of hydrogen-bond donors (Lipinski definition) is 3. The van der Waals surface area contributed by atoms with E-state index in [9.17, 15) is 23.3 Å². The number of pyridine rings is 2. The van der Waals surface area contributed by atoms with E-state index in [2.05, 4.69) is 59.1 Å². The molecular weight excluding hydrogens is 797 g/mol. The molecule has 2 atom stereocenters. The van der Waals surface area contributed by atoms with E-state index in [1.807, 2.05) is 12.1 Å². The second kappa shape index (κ2) is 14.7. The number of hydrogen-bond acceptors (Lipinski definition) is 12. The van der Waals surface area contributed by atoms with Gasteiger partial charge in [-0.25, -0.2) is 9.71 Å². The van der Waals surface area contributed by atoms with Gasteiger partial charge in [-0.05, 0) is 123 Å². The van der Waals surface area contributed by atoms with Crippen molar-refractivity contribution in [2.24, 2.45) is 11.3 Å². The highest BCUT2D eigenvalue weighted by Crippen LogP contribution is 2.55. The molecule has 3 N–H and O–H groups in total. The molecule has 3 aromatic heterocycles. The number of amides is 1. The van der Waals surface area contributed by atoms with Crippen molar-refractivity contribution in [2.45, 2.75) is 93.3 Å². The van der Waals surface area contributed by atoms with Crippen molar-refractivity contribution in [1.82, 2.24) is 24.6 Å². The molecule has 6 heterocycles. The fraction of sp³-hybridized carbons (Fsp3) is 0.444. The highest BCUT2D eigenvalue weighted by Gasteiger charge is 2.50. The maximum Gasteiger partial charge on any atom is 0.300 e. The van der Waals surface area contributed by atoms with Gasteiger partial charge in [-0.15, -0.1) is 0 Å². The molecule has 6 aliphatic rings. The topological polar surface area (TPSA) is 185 Å². The van der Waals surface area contributed by atoms with Gasteiger partial charge in [-0.2, -0.15) is 13.4 Å². The number of benzene rings is 2. The van der Waals surface area contributed by atoms with Gasteiger partial charge in [0.05, 0.1) is 28.8 Å². The highest BCUT2D eigenvalue weighted by atomic mass is 32.2. The molecule has 3 aliphatic carbocycles. The molecule has 2 aromatic carbocycles. The molecule has 15 nitrogen and oxygen atoms in total. The van der Waals surface area contributed by atoms with Gasteiger partial charge in [0.25, 0.3) is 15.9 Å². The lowest BCUT2D eigenvalue weighted by Gasteiger charge is -2.56. The highest BCUT2D eigenvalue weighted by molar-refractivity contribution is 7.90. The summed E-state index contributed by atoms with van der Waals surface area (Å²) in [4.78, 5) is 42.1. The predicted molar refractivity (Wildman–Crippen MR) is 228 cm³/mol. The Morgan fingerprint density at radius 3 is 2.56 bits per heavy atom. The lowest BCUT2D eigenvalue weighted by molar-refractivity contribution is -0.384. The van der Waals surface area contributed by atoms with E-state index in [0.29, 0.717) is 34.8 Å². The molecule has 11 rings (SSSR count). The first kappa shape index (κ1) is 38.2. The number of nitrogens with zero attached hydrogens (tertiary/aromatic N) is 5. The van der Waals surface area contributed by atoms with Gasteiger partial charge in [0, 0.05) is 48.5 Å². The molecule has 16 heteroatoms. The molecule has 5 fully saturated rings. The van der Waals surface area contributed by atoms with Crippen LogP contribution < -0.4 is 24.4 Å². The van der Waals surface area contributed by atoms with Crippen LogP contribution in [0.3, 0.4) is 0 Å². The zero-order valence-electron chi connectivity index (χ0n) is 33.7. The summed E-state index contributed by atoms with van der Waals surface area (Å²) >= 11 is 0. The van der Waals surface area contributed by atoms with Crippen LogP contribution in [-0.4, -0.2) is 77.4 Å². The number of H-pyrrole nitrogens is 1. The third-order valence-electron chi connectivity index (χ3n) is 14.0. The van der Waals surface area contributed by atoms with Crippen molar-refractivity contribution in [1.29, 1.82) is 0 Å². The average Bonchev–Trinajstić information content (AvgIpc) is 4.19. The van der Waals surface area contributed by atoms with Crippen molar-refractivity contribution in [3.63, 3.8) is 0 Å². The summed E-state index contributed by atoms with van der Waals surface area (Å²) < 4.78 is 41.6. The van der Waals surface area contributed by atoms with Gasteiger partial charge in [0.1, 0.15) is 23.8 Å². The van der Waals surface area contributed by atoms with Crippen molar-refractivity contribution >= 4 is 44.0 Å². The second-order valence-corrected chi connectivity index (χ2v) is 19.6. The maximum atomic E-state index is 14.0. The van der Waals surface area contributed by atoms with Crippen molar-refractivity contribution in [3.8, 4) is 17.4 Å². The van der Waals surface area contributed by atoms with Crippen molar-refractivity contribution in [3.05, 3.63) is 99.9 Å². The molecular formula is C45H48N8O7S. The SMILES string of the molecule is O=C(NS(=O)(=O)c1cc([N+](=O)[O-])c2c(n1)OC[C@H](C1CC1)N2)c1ccc(N2CCC3(CC2)CC(N2CCCC2c2ccccc2C2CC2)C3)cc1Oc1cnc2[nH]ccc2c1. The number of carbonyl (C=O) groups is 1. The second-order valence-electron chi connectivity index (χ2n) is 18.0. The van der Waals surface area contributed by atoms with Crippen LogP contribution in [0, 0.1) is 21.4 Å². The van der Waals surface area contributed by atoms with Crippen LogP contribution in [-0.2, 0) is 10.0 Å². The maximum absolute atomic E-state index is 14.0. The fourth-order valence-corrected chi connectivity index (χ4v) is 11.4. The van der Waals surface area contributed by atoms with E-state index in [1.54, 1.807) is 35.5 Å². The smallest absolute Gasteiger partial charge is 0.300 e. The number of rotatable bonds is 11. The standard InChI is InChI=1S/C45H48N8O7S/c54-43(50-61(57,58)40-22-38(53(55)56)41-44(49-40)59-26-36(48-41)28-9-10-28)35-12-11-30(21-39(35)60-32-20-29-13-16-46-42(29)47-25-32)51-18-14-45(15-19-51)23-31(24-45)52-17-3-6-37(52)34-5-2-1-4-33(34)27-7-8-27/h1-2,4-5,11-13,16,20-22,25,27-28,31,36-37,48H,3,6-10,14-15,17-19,23-24,26H2,(H,46,47)(H,50,54)/t36-,37?/m1/s1. The first-order valence-corrected chi connectivity index (χ1v) is 23.1. The number of carbonyl (C=O) groups excluding carboxylic acids is 1. The number of ether oxygens (including phenoxy) is 2. The van der Waals surface area contributed by atoms with E-state index < -0.39 is 31.6 Å². The van der Waals surface area contributed by atoms with Gasteiger partial charge in [0.2, 0.25) is 5.88 Å². The minimum atomic E-state index is -4.71. The summed E-state index contributed by atoms with van der Waals surface area (Å²) in [6, 6.07) is 19.8. The van der Waals surface area contributed by atoms with Crippen molar-refractivity contribution in [2.75, 3.05) is 36.5 Å². The van der Waals surface area contributed by atoms with Gasteiger partial charge in [-0.1, -0.05) is 24.3 Å². The minimum Gasteiger partial charge on any atom is -0.474 e. The van der Waals surface area contributed by atoms with Crippen LogP contribution in [0.4, 0.5) is 17.1 Å². The monoisotopic (exact) mass is 844 g/mol. The Morgan fingerprint density at radius 2 is 1.79 bits per heavy atom. The van der Waals surface area contributed by atoms with Crippen LogP contribution in [0.2, 0.25) is 0 Å². The van der Waals surface area contributed by atoms with Crippen LogP contribution >= 0.6 is 0 Å². The Kier molecular flexibility index (Phi) is 9.22. The van der Waals surface area contributed by atoms with E-state index in [4.69, 9.17) is 9.47 Å². The zero-order valence-corrected chi connectivity index (χ0v) is 34.5. The predicted octanol–water partition coefficient (Wildman–Crippen LogP) is 7.82. The van der Waals surface area contributed by atoms with Gasteiger partial charge in [-0.3, -0.25) is 19.8 Å². The summed E-state index contributed by atoms with van der Waals surface area (Å²) in [5.74, 6) is 0.394. The van der Waals surface area contributed by atoms with E-state index in [-0.39, 0.29) is 35.5 Å². The van der Waals surface area contributed by atoms with Crippen LogP contribution in [0.5, 0.6) is 17.4 Å². The van der Waals surface area contributed by atoms with Gasteiger partial charge < -0.3 is 24.7 Å². The molecule has 1 amide bonds. The molecule has 5 aromatic rings. The van der Waals surface area contributed by atoms with Gasteiger partial charge >= 0.3 is 5.69 Å². The number of sulfonamides is 1. The number of aromatic nitrogens is 3. The Labute approximate surface area is 353 Å². The molecule has 316 valence electrons. The summed E-state index contributed by atoms with van der Waals surface area (Å²) in [6.45, 7) is 3.06. The van der Waals surface area contributed by atoms with Crippen LogP contribution in [0.15, 0.2) is 78.1 Å². The zero-order chi connectivity index (χ0) is 41.5. The van der Waals surface area contributed by atoms with Crippen LogP contribution in [0.25, 0.3) is 11.0 Å². The Bertz CT molecular complexity index is 2660. The summed E-state index contributed by atoms with van der Waals surface area (Å²) in [5.41, 5.74) is 4.46. The third-order valence-corrected chi connectivity index (χ3v) is 15.2. The minimum absolute atomic E-state index is 0.0315. The Morgan fingerprint density at radius 1 is 0.984 bits per heavy atom. The van der Waals surface area contributed by atoms with Crippen molar-refractivity contribution < 1.29 is 27.6 Å². The summed E-state index contributed by atoms with van der Waals surface area (Å²) in [6.07, 6.45) is 14.9. The molecule has 61 heavy (non-hydrogen) atoms. The molecule has 0 bridgehead atoms. The normalized spacial score (nSPS) is 22.6. The van der Waals surface area contributed by atoms with E-state index >= 15 is 0 Å². The molecule has 2 saturated heterocycles. The summed E-state index contributed by atoms with van der Waals surface area (Å²) in [5, 5.41) is 15.3. The molecule has 0 radical (unpaired) electrons. The third kappa shape index (κ3) is 7.22. The lowest BCUT2D eigenvalue weighted by atomic mass is 9.59. The number of nitrogens with one attached hydrogen (secondary N) is 3. The van der Waals surface area contributed by atoms with Crippen LogP contribution in [0.1, 0.15) is 97.7 Å². The molecule has 3 aliphatic heterocycles.